The van der Waals surface area contributed by atoms with Gasteiger partial charge in [0.15, 0.2) is 30.0 Å². The van der Waals surface area contributed by atoms with Crippen LogP contribution in [0.4, 0.5) is 4.79 Å². The van der Waals surface area contributed by atoms with Crippen LogP contribution in [-0.4, -0.2) is 37.1 Å². The van der Waals surface area contributed by atoms with Crippen LogP contribution >= 0.6 is 0 Å². The minimum Gasteiger partial charge on any atom is -0.457 e. The molecule has 0 aliphatic heterocycles. The molecular weight excluding hydrogens is 801 g/mol. The zero-order chi connectivity index (χ0) is 45.3. The second-order valence-corrected chi connectivity index (χ2v) is 21.2. The Bertz CT molecular complexity index is 2300. The van der Waals surface area contributed by atoms with Gasteiger partial charge in [-0.3, -0.25) is 14.4 Å². The lowest BCUT2D eigenvalue weighted by Gasteiger charge is -2.70. The summed E-state index contributed by atoms with van der Waals surface area (Å²) in [6, 6.07) is 19.8. The molecule has 0 bridgehead atoms. The Balaban J connectivity index is 1.11. The maximum Gasteiger partial charge on any atom is 0.519 e. The molecule has 4 saturated carbocycles. The van der Waals surface area contributed by atoms with E-state index in [9.17, 15) is 19.2 Å². The highest BCUT2D eigenvalue weighted by Crippen LogP contribution is 2.75. The lowest BCUT2D eigenvalue weighted by atomic mass is 9.33. The maximum atomic E-state index is 15.3. The number of carbonyl (C=O) groups excluding carboxylic acids is 4. The van der Waals surface area contributed by atoms with E-state index in [4.69, 9.17) is 27.8 Å². The Hall–Kier alpha value is -4.93. The van der Waals surface area contributed by atoms with Gasteiger partial charge in [0.05, 0.1) is 12.5 Å². The molecule has 0 N–H and O–H groups in total. The predicted octanol–water partition coefficient (Wildman–Crippen LogP) is 10.8. The zero-order valence-corrected chi connectivity index (χ0v) is 38.4. The van der Waals surface area contributed by atoms with Gasteiger partial charge in [0.25, 0.3) is 0 Å². The summed E-state index contributed by atoms with van der Waals surface area (Å²) in [5.74, 6) is -2.28. The molecule has 63 heavy (non-hydrogen) atoms. The molecule has 0 spiro atoms. The lowest BCUT2D eigenvalue weighted by molar-refractivity contribution is -0.220. The van der Waals surface area contributed by atoms with Gasteiger partial charge >= 0.3 is 23.9 Å². The van der Waals surface area contributed by atoms with Crippen molar-refractivity contribution in [1.29, 1.82) is 0 Å². The van der Waals surface area contributed by atoms with Crippen LogP contribution < -0.4 is 5.82 Å². The largest absolute Gasteiger partial charge is 0.519 e. The van der Waals surface area contributed by atoms with Gasteiger partial charge in [-0.25, -0.2) is 9.59 Å². The average molecular weight is 865 g/mol. The minimum atomic E-state index is -1.37. The van der Waals surface area contributed by atoms with E-state index in [0.717, 1.165) is 36.0 Å². The molecule has 11 heteroatoms. The molecule has 338 valence electrons. The number of ether oxygens (including phenoxy) is 4. The van der Waals surface area contributed by atoms with E-state index in [1.807, 2.05) is 80.6 Å². The van der Waals surface area contributed by atoms with Crippen molar-refractivity contribution in [2.75, 3.05) is 7.11 Å². The first-order chi connectivity index (χ1) is 29.7. The van der Waals surface area contributed by atoms with E-state index < -0.39 is 63.7 Å². The lowest BCUT2D eigenvalue weighted by Crippen LogP contribution is -2.68. The second kappa shape index (κ2) is 15.9. The standard InChI is InChI=1S/C52H64O11/c1-31(2)40-37(60-46(57)63-40)30-59-44(55)52(8)38-20-23-51(7)42(49(38,5)22-21-39(52)61-45(56)58-9)36(53)28-34-35-29-48(4,25-24-47(35,3)26-27-50(34,51)6)43(54)62-41(32-16-12-10-13-17-32)33-18-14-11-15-19-33/h10-19,28,31,35,38-39,41-42H,20-27,29-30H2,1-9H3/t35-,38+,39-,42+,47+,48-,49-,50+,51+,52-/m0/s1. The third kappa shape index (κ3) is 7.11. The third-order valence-electron chi connectivity index (χ3n) is 17.5. The summed E-state index contributed by atoms with van der Waals surface area (Å²) in [4.78, 5) is 69.4. The molecule has 2 aromatic carbocycles. The fraction of sp³-hybridized carbons (Fsp3) is 0.596. The van der Waals surface area contributed by atoms with Crippen molar-refractivity contribution in [2.45, 2.75) is 138 Å². The molecular formula is C52H64O11. The van der Waals surface area contributed by atoms with Gasteiger partial charge in [0.1, 0.15) is 11.5 Å². The predicted molar refractivity (Wildman–Crippen MR) is 233 cm³/mol. The van der Waals surface area contributed by atoms with Crippen LogP contribution in [0.3, 0.4) is 0 Å². The first kappa shape index (κ1) is 44.7. The number of hydrogen-bond acceptors (Lipinski definition) is 11. The number of fused-ring (bicyclic) bond motifs is 7. The van der Waals surface area contributed by atoms with Gasteiger partial charge in [-0.2, -0.15) is 0 Å². The normalized spacial score (nSPS) is 35.9. The molecule has 8 rings (SSSR count). The van der Waals surface area contributed by atoms with E-state index in [0.29, 0.717) is 44.3 Å². The summed E-state index contributed by atoms with van der Waals surface area (Å²) < 4.78 is 33.9. The summed E-state index contributed by atoms with van der Waals surface area (Å²) in [6.07, 6.45) is 5.67. The fourth-order valence-corrected chi connectivity index (χ4v) is 13.6. The van der Waals surface area contributed by atoms with Gasteiger partial charge in [0.2, 0.25) is 0 Å². The molecule has 3 aromatic rings. The molecule has 4 fully saturated rings. The van der Waals surface area contributed by atoms with Gasteiger partial charge in [0, 0.05) is 11.8 Å². The van der Waals surface area contributed by atoms with Crippen LogP contribution in [0.1, 0.15) is 148 Å². The highest BCUT2D eigenvalue weighted by atomic mass is 16.7. The summed E-state index contributed by atoms with van der Waals surface area (Å²) >= 11 is 0. The van der Waals surface area contributed by atoms with Gasteiger partial charge in [-0.15, -0.1) is 0 Å². The van der Waals surface area contributed by atoms with Crippen molar-refractivity contribution in [1.82, 2.24) is 0 Å². The van der Waals surface area contributed by atoms with E-state index in [1.165, 1.54) is 7.11 Å². The topological polar surface area (TPSA) is 149 Å². The number of ketones is 1. The second-order valence-electron chi connectivity index (χ2n) is 21.2. The summed E-state index contributed by atoms with van der Waals surface area (Å²) in [5.41, 5.74) is -0.791. The van der Waals surface area contributed by atoms with Crippen LogP contribution in [0.5, 0.6) is 0 Å². The minimum absolute atomic E-state index is 0.00940. The Morgan fingerprint density at radius 1 is 0.778 bits per heavy atom. The van der Waals surface area contributed by atoms with Gasteiger partial charge in [-0.1, -0.05) is 108 Å². The Labute approximate surface area is 370 Å². The SMILES string of the molecule is COC(=O)O[C@H]1CC[C@@]2(C)[C@@H](CC[C@]3(C)[C@@H]2C(=O)C=C2[C@@H]4C[C@@](C)(C(=O)OC(c5ccccc5)c5ccccc5)CC[C@]4(C)CC[C@]23C)[C@]1(C)C(=O)OCc1oc(=O)oc1C(C)C. The average Bonchev–Trinajstić information content (AvgIpc) is 3.65. The highest BCUT2D eigenvalue weighted by Gasteiger charge is 2.72. The zero-order valence-electron chi connectivity index (χ0n) is 38.4. The number of hydrogen-bond donors (Lipinski definition) is 0. The molecule has 0 radical (unpaired) electrons. The van der Waals surface area contributed by atoms with Crippen molar-refractivity contribution < 1.29 is 47.0 Å². The molecule has 5 aliphatic rings. The number of methoxy groups -OCH3 is 1. The van der Waals surface area contributed by atoms with E-state index >= 15 is 4.79 Å². The van der Waals surface area contributed by atoms with Crippen molar-refractivity contribution in [3.8, 4) is 0 Å². The molecule has 0 saturated heterocycles. The number of carbonyl (C=O) groups is 4. The smallest absolute Gasteiger partial charge is 0.457 e. The Morgan fingerprint density at radius 2 is 1.41 bits per heavy atom. The summed E-state index contributed by atoms with van der Waals surface area (Å²) in [5, 5.41) is 0. The number of allylic oxidation sites excluding steroid dienone is 2. The maximum absolute atomic E-state index is 15.3. The van der Waals surface area contributed by atoms with E-state index in [-0.39, 0.29) is 46.8 Å². The quantitative estimate of drug-likeness (QED) is 0.149. The molecule has 0 unspecified atom stereocenters. The van der Waals surface area contributed by atoms with Crippen LogP contribution in [0.25, 0.3) is 0 Å². The molecule has 1 heterocycles. The number of benzene rings is 2. The first-order valence-corrected chi connectivity index (χ1v) is 22.9. The van der Waals surface area contributed by atoms with Crippen molar-refractivity contribution in [3.05, 3.63) is 106 Å². The molecule has 5 aliphatic carbocycles. The van der Waals surface area contributed by atoms with Crippen molar-refractivity contribution >= 4 is 23.9 Å². The number of esters is 2. The van der Waals surface area contributed by atoms with Crippen LogP contribution in [0.15, 0.2) is 85.9 Å². The molecule has 11 nitrogen and oxygen atoms in total. The van der Waals surface area contributed by atoms with Crippen molar-refractivity contribution in [2.24, 2.45) is 50.2 Å². The number of rotatable bonds is 9. The fourth-order valence-electron chi connectivity index (χ4n) is 13.6. The van der Waals surface area contributed by atoms with E-state index in [2.05, 4.69) is 34.6 Å². The van der Waals surface area contributed by atoms with Gasteiger partial charge < -0.3 is 27.8 Å². The molecule has 10 atom stereocenters. The van der Waals surface area contributed by atoms with Crippen LogP contribution in [-0.2, 0) is 39.9 Å². The van der Waals surface area contributed by atoms with E-state index in [1.54, 1.807) is 6.92 Å². The Morgan fingerprint density at radius 3 is 2.03 bits per heavy atom. The van der Waals surface area contributed by atoms with Gasteiger partial charge in [-0.05, 0) is 122 Å². The third-order valence-corrected chi connectivity index (χ3v) is 17.5. The Kier molecular flexibility index (Phi) is 11.3. The highest BCUT2D eigenvalue weighted by molar-refractivity contribution is 5.96. The first-order valence-electron chi connectivity index (χ1n) is 22.9. The summed E-state index contributed by atoms with van der Waals surface area (Å²) in [6.45, 7) is 16.3. The molecule has 0 amide bonds. The van der Waals surface area contributed by atoms with Crippen LogP contribution in [0.2, 0.25) is 0 Å². The van der Waals surface area contributed by atoms with Crippen molar-refractivity contribution in [3.63, 3.8) is 0 Å². The monoisotopic (exact) mass is 864 g/mol. The summed E-state index contributed by atoms with van der Waals surface area (Å²) in [7, 11) is 1.23. The van der Waals surface area contributed by atoms with Crippen LogP contribution in [0, 0.1) is 50.2 Å². The molecule has 1 aromatic heterocycles.